The van der Waals surface area contributed by atoms with Gasteiger partial charge in [0.2, 0.25) is 0 Å². The molecule has 0 aromatic rings. The van der Waals surface area contributed by atoms with E-state index in [2.05, 4.69) is 4.18 Å². The third-order valence-corrected chi connectivity index (χ3v) is 6.92. The second kappa shape index (κ2) is 4.94. The van der Waals surface area contributed by atoms with E-state index in [1.807, 2.05) is 0 Å². The molecule has 0 spiro atoms. The Morgan fingerprint density at radius 3 is 2.35 bits per heavy atom. The summed E-state index contributed by atoms with van der Waals surface area (Å²) in [6.45, 7) is -1.90. The van der Waals surface area contributed by atoms with Crippen LogP contribution in [0.4, 0.5) is 13.2 Å². The smallest absolute Gasteiger partial charge is 0.252 e. The first-order valence-corrected chi connectivity index (χ1v) is 8.96. The van der Waals surface area contributed by atoms with Gasteiger partial charge in [0.15, 0.2) is 16.4 Å². The van der Waals surface area contributed by atoms with E-state index in [0.29, 0.717) is 0 Å². The highest BCUT2D eigenvalue weighted by Gasteiger charge is 2.35. The van der Waals surface area contributed by atoms with Crippen molar-refractivity contribution in [3.05, 3.63) is 0 Å². The quantitative estimate of drug-likeness (QED) is 0.712. The standard InChI is InChI=1S/C6H9F3O5S3/c7-6(8,9)4-14-17(12,13)15-5-1-2-16(10,11)3-5/h5H,1-4H2. The van der Waals surface area contributed by atoms with E-state index in [-0.39, 0.29) is 28.7 Å². The summed E-state index contributed by atoms with van der Waals surface area (Å²) < 4.78 is 83.1. The highest BCUT2D eigenvalue weighted by molar-refractivity contribution is 8.70. The predicted molar refractivity (Wildman–Crippen MR) is 55.6 cm³/mol. The molecule has 11 heteroatoms. The van der Waals surface area contributed by atoms with Crippen molar-refractivity contribution in [3.8, 4) is 0 Å². The molecule has 102 valence electrons. The number of sulfone groups is 1. The minimum atomic E-state index is -4.74. The molecule has 0 saturated carbocycles. The molecular weight excluding hydrogens is 305 g/mol. The van der Waals surface area contributed by atoms with E-state index in [9.17, 15) is 30.0 Å². The first kappa shape index (κ1) is 15.1. The van der Waals surface area contributed by atoms with Crippen molar-refractivity contribution in [3.63, 3.8) is 0 Å². The van der Waals surface area contributed by atoms with Gasteiger partial charge in [-0.25, -0.2) is 8.42 Å². The summed E-state index contributed by atoms with van der Waals surface area (Å²) >= 11 is 0. The van der Waals surface area contributed by atoms with Gasteiger partial charge in [0.1, 0.15) is 0 Å². The van der Waals surface area contributed by atoms with Crippen molar-refractivity contribution in [1.82, 2.24) is 0 Å². The Hall–Kier alpha value is -0.000000000000000139. The van der Waals surface area contributed by atoms with Crippen molar-refractivity contribution in [2.75, 3.05) is 18.1 Å². The molecule has 0 aromatic carbocycles. The van der Waals surface area contributed by atoms with Crippen molar-refractivity contribution < 1.29 is 34.2 Å². The van der Waals surface area contributed by atoms with Gasteiger partial charge in [0, 0.05) is 16.0 Å². The molecule has 0 N–H and O–H groups in total. The van der Waals surface area contributed by atoms with Gasteiger partial charge >= 0.3 is 15.3 Å². The van der Waals surface area contributed by atoms with Gasteiger partial charge < -0.3 is 0 Å². The van der Waals surface area contributed by atoms with Crippen molar-refractivity contribution in [2.45, 2.75) is 17.8 Å². The molecular formula is C6H9F3O5S3. The molecule has 1 rings (SSSR count). The van der Waals surface area contributed by atoms with Gasteiger partial charge in [-0.3, -0.25) is 4.18 Å². The number of hydrogen-bond acceptors (Lipinski definition) is 6. The second-order valence-corrected chi connectivity index (χ2v) is 9.35. The molecule has 1 saturated heterocycles. The summed E-state index contributed by atoms with van der Waals surface area (Å²) in [7, 11) is -7.57. The van der Waals surface area contributed by atoms with Crippen LogP contribution in [0.3, 0.4) is 0 Å². The van der Waals surface area contributed by atoms with Gasteiger partial charge in [0.25, 0.3) is 0 Å². The third-order valence-electron chi connectivity index (χ3n) is 1.81. The topological polar surface area (TPSA) is 77.5 Å². The van der Waals surface area contributed by atoms with E-state index in [1.54, 1.807) is 0 Å². The average molecular weight is 314 g/mol. The zero-order chi connectivity index (χ0) is 13.3. The fourth-order valence-corrected chi connectivity index (χ4v) is 6.69. The van der Waals surface area contributed by atoms with E-state index < -0.39 is 37.0 Å². The van der Waals surface area contributed by atoms with Crippen LogP contribution in [0.2, 0.25) is 0 Å². The summed E-state index contributed by atoms with van der Waals surface area (Å²) in [5, 5.41) is -0.766. The van der Waals surface area contributed by atoms with Crippen LogP contribution in [0.15, 0.2) is 0 Å². The highest BCUT2D eigenvalue weighted by Crippen LogP contribution is 2.30. The number of hydrogen-bond donors (Lipinski definition) is 0. The van der Waals surface area contributed by atoms with Crippen LogP contribution in [-0.4, -0.2) is 46.4 Å². The Kier molecular flexibility index (Phi) is 4.37. The minimum absolute atomic E-state index is 0.0988. The third kappa shape index (κ3) is 5.93. The van der Waals surface area contributed by atoms with Crippen LogP contribution in [0, 0.1) is 0 Å². The summed E-state index contributed by atoms with van der Waals surface area (Å²) in [5.74, 6) is -0.508. The van der Waals surface area contributed by atoms with E-state index in [1.165, 1.54) is 0 Å². The Morgan fingerprint density at radius 1 is 1.35 bits per heavy atom. The summed E-state index contributed by atoms with van der Waals surface area (Å²) in [6.07, 6.45) is -4.64. The minimum Gasteiger partial charge on any atom is -0.252 e. The molecule has 1 heterocycles. The lowest BCUT2D eigenvalue weighted by Gasteiger charge is -2.09. The molecule has 1 fully saturated rings. The van der Waals surface area contributed by atoms with Crippen LogP contribution < -0.4 is 0 Å². The lowest BCUT2D eigenvalue weighted by atomic mass is 10.4. The van der Waals surface area contributed by atoms with Crippen LogP contribution >= 0.6 is 10.8 Å². The van der Waals surface area contributed by atoms with Gasteiger partial charge in [-0.2, -0.15) is 21.6 Å². The Bertz CT molecular complexity index is 466. The Morgan fingerprint density at radius 2 is 1.94 bits per heavy atom. The molecule has 0 radical (unpaired) electrons. The van der Waals surface area contributed by atoms with Crippen LogP contribution in [0.25, 0.3) is 0 Å². The largest absolute Gasteiger partial charge is 0.413 e. The number of halogens is 3. The molecule has 1 unspecified atom stereocenters. The van der Waals surface area contributed by atoms with Gasteiger partial charge in [-0.1, -0.05) is 0 Å². The van der Waals surface area contributed by atoms with Crippen molar-refractivity contribution >= 4 is 29.8 Å². The lowest BCUT2D eigenvalue weighted by molar-refractivity contribution is -0.152. The van der Waals surface area contributed by atoms with Crippen LogP contribution in [0.5, 0.6) is 0 Å². The first-order valence-electron chi connectivity index (χ1n) is 4.34. The molecule has 0 aliphatic carbocycles. The summed E-state index contributed by atoms with van der Waals surface area (Å²) in [4.78, 5) is 0. The average Bonchev–Trinajstić information content (AvgIpc) is 2.40. The van der Waals surface area contributed by atoms with E-state index in [0.717, 1.165) is 0 Å². The molecule has 1 aliphatic heterocycles. The molecule has 0 aromatic heterocycles. The fraction of sp³-hybridized carbons (Fsp3) is 1.00. The SMILES string of the molecule is O=S1(=O)CCC(SS(=O)(=O)OCC(F)(F)F)C1. The van der Waals surface area contributed by atoms with Gasteiger partial charge in [0.05, 0.1) is 11.5 Å². The summed E-state index contributed by atoms with van der Waals surface area (Å²) in [6, 6.07) is 0. The molecule has 0 amide bonds. The lowest BCUT2D eigenvalue weighted by Crippen LogP contribution is -2.20. The molecule has 1 atom stereocenters. The van der Waals surface area contributed by atoms with Gasteiger partial charge in [-0.05, 0) is 6.42 Å². The number of rotatable bonds is 4. The van der Waals surface area contributed by atoms with Crippen molar-refractivity contribution in [2.24, 2.45) is 0 Å². The van der Waals surface area contributed by atoms with Crippen molar-refractivity contribution in [1.29, 1.82) is 0 Å². The normalized spacial score (nSPS) is 25.0. The second-order valence-electron chi connectivity index (χ2n) is 3.41. The maximum absolute atomic E-state index is 11.7. The predicted octanol–water partition coefficient (Wildman–Crippen LogP) is 0.730. The van der Waals surface area contributed by atoms with Gasteiger partial charge in [-0.15, -0.1) is 0 Å². The van der Waals surface area contributed by atoms with Crippen LogP contribution in [-0.2, 0) is 23.2 Å². The molecule has 1 aliphatic rings. The monoisotopic (exact) mass is 314 g/mol. The Labute approximate surface area is 100 Å². The van der Waals surface area contributed by atoms with E-state index >= 15 is 0 Å². The van der Waals surface area contributed by atoms with Crippen LogP contribution in [0.1, 0.15) is 6.42 Å². The molecule has 17 heavy (non-hydrogen) atoms. The molecule has 5 nitrogen and oxygen atoms in total. The maximum Gasteiger partial charge on any atom is 0.413 e. The van der Waals surface area contributed by atoms with E-state index in [4.69, 9.17) is 0 Å². The summed E-state index contributed by atoms with van der Waals surface area (Å²) in [5.41, 5.74) is 0. The first-order chi connectivity index (χ1) is 7.49. The highest BCUT2D eigenvalue weighted by atomic mass is 33.1. The zero-order valence-corrected chi connectivity index (χ0v) is 10.8. The Balaban J connectivity index is 2.51. The number of alkyl halides is 3. The maximum atomic E-state index is 11.7. The molecule has 0 bridgehead atoms. The zero-order valence-electron chi connectivity index (χ0n) is 8.31. The fourth-order valence-electron chi connectivity index (χ4n) is 1.17.